The molecule has 8 heteroatoms. The number of amides is 1. The van der Waals surface area contributed by atoms with Crippen LogP contribution in [0.15, 0.2) is 47.4 Å². The van der Waals surface area contributed by atoms with Crippen LogP contribution in [0.2, 0.25) is 0 Å². The number of hydrogen-bond donors (Lipinski definition) is 1. The summed E-state index contributed by atoms with van der Waals surface area (Å²) < 4.78 is 23.3. The van der Waals surface area contributed by atoms with Crippen LogP contribution in [0, 0.1) is 10.1 Å². The number of nitro benzene ring substituents is 1. The molecule has 0 bridgehead atoms. The van der Waals surface area contributed by atoms with Crippen molar-refractivity contribution in [3.8, 4) is 0 Å². The number of carbonyl (C=O) groups excluding carboxylic acids is 1. The first-order chi connectivity index (χ1) is 11.6. The number of benzene rings is 2. The minimum absolute atomic E-state index is 0.00838. The summed E-state index contributed by atoms with van der Waals surface area (Å²) in [4.78, 5) is 22.2. The number of nitrogens with zero attached hydrogens (tertiary/aromatic N) is 1. The van der Waals surface area contributed by atoms with Crippen LogP contribution in [-0.2, 0) is 9.84 Å². The molecule has 0 saturated carbocycles. The molecule has 132 valence electrons. The maximum atomic E-state index is 12.3. The van der Waals surface area contributed by atoms with E-state index >= 15 is 0 Å². The number of rotatable bonds is 5. The molecule has 0 aliphatic rings. The average molecular weight is 362 g/mol. The van der Waals surface area contributed by atoms with Crippen molar-refractivity contribution in [2.75, 3.05) is 11.6 Å². The van der Waals surface area contributed by atoms with E-state index in [9.17, 15) is 23.3 Å². The Labute approximate surface area is 145 Å². The van der Waals surface area contributed by atoms with Gasteiger partial charge in [0, 0.05) is 23.6 Å². The molecule has 1 amide bonds. The largest absolute Gasteiger partial charge is 0.322 e. The second kappa shape index (κ2) is 7.02. The quantitative estimate of drug-likeness (QED) is 0.648. The Morgan fingerprint density at radius 1 is 1.16 bits per heavy atom. The number of carbonyl (C=O) groups is 1. The highest BCUT2D eigenvalue weighted by Crippen LogP contribution is 2.26. The van der Waals surface area contributed by atoms with E-state index in [4.69, 9.17) is 0 Å². The molecule has 0 radical (unpaired) electrons. The van der Waals surface area contributed by atoms with E-state index in [0.717, 1.165) is 24.0 Å². The van der Waals surface area contributed by atoms with Gasteiger partial charge in [0.2, 0.25) is 0 Å². The Balaban J connectivity index is 2.36. The van der Waals surface area contributed by atoms with Gasteiger partial charge in [0.15, 0.2) is 9.84 Å². The van der Waals surface area contributed by atoms with Crippen LogP contribution in [0.5, 0.6) is 0 Å². The second-order valence-corrected chi connectivity index (χ2v) is 7.93. The summed E-state index contributed by atoms with van der Waals surface area (Å²) in [5, 5.41) is 13.8. The predicted molar refractivity (Wildman–Crippen MR) is 94.7 cm³/mol. The smallest absolute Gasteiger partial charge is 0.288 e. The molecule has 0 saturated heterocycles. The van der Waals surface area contributed by atoms with E-state index in [2.05, 4.69) is 5.32 Å². The summed E-state index contributed by atoms with van der Waals surface area (Å²) in [5.41, 5.74) is 0.988. The minimum Gasteiger partial charge on any atom is -0.322 e. The Hall–Kier alpha value is -2.74. The van der Waals surface area contributed by atoms with E-state index in [-0.39, 0.29) is 11.5 Å². The lowest BCUT2D eigenvalue weighted by molar-refractivity contribution is -0.387. The molecule has 0 aromatic heterocycles. The van der Waals surface area contributed by atoms with Crippen LogP contribution in [0.4, 0.5) is 11.4 Å². The summed E-state index contributed by atoms with van der Waals surface area (Å²) >= 11 is 0. The third-order valence-corrected chi connectivity index (χ3v) is 4.77. The van der Waals surface area contributed by atoms with Gasteiger partial charge in [-0.3, -0.25) is 14.9 Å². The van der Waals surface area contributed by atoms with Crippen molar-refractivity contribution in [2.45, 2.75) is 24.7 Å². The molecule has 0 atom stereocenters. The number of sulfone groups is 1. The van der Waals surface area contributed by atoms with Gasteiger partial charge >= 0.3 is 0 Å². The fourth-order valence-corrected chi connectivity index (χ4v) is 3.12. The van der Waals surface area contributed by atoms with Crippen molar-refractivity contribution in [3.05, 3.63) is 63.7 Å². The number of nitro groups is 1. The molecule has 0 spiro atoms. The zero-order valence-electron chi connectivity index (χ0n) is 14.0. The Morgan fingerprint density at radius 2 is 1.84 bits per heavy atom. The van der Waals surface area contributed by atoms with Gasteiger partial charge in [0.1, 0.15) is 4.90 Å². The lowest BCUT2D eigenvalue weighted by Crippen LogP contribution is -2.13. The molecule has 0 aliphatic heterocycles. The van der Waals surface area contributed by atoms with Crippen molar-refractivity contribution < 1.29 is 18.1 Å². The van der Waals surface area contributed by atoms with Crippen LogP contribution in [-0.4, -0.2) is 25.5 Å². The van der Waals surface area contributed by atoms with Crippen molar-refractivity contribution in [2.24, 2.45) is 0 Å². The van der Waals surface area contributed by atoms with Crippen LogP contribution in [0.25, 0.3) is 0 Å². The van der Waals surface area contributed by atoms with E-state index in [1.807, 2.05) is 26.0 Å². The molecule has 7 nitrogen and oxygen atoms in total. The minimum atomic E-state index is -3.77. The molecule has 0 unspecified atom stereocenters. The molecule has 0 fully saturated rings. The van der Waals surface area contributed by atoms with Crippen molar-refractivity contribution >= 4 is 27.1 Å². The highest BCUT2D eigenvalue weighted by molar-refractivity contribution is 7.90. The highest BCUT2D eigenvalue weighted by Gasteiger charge is 2.24. The first-order valence-electron chi connectivity index (χ1n) is 7.49. The van der Waals surface area contributed by atoms with Gasteiger partial charge in [-0.1, -0.05) is 26.0 Å². The average Bonchev–Trinajstić information content (AvgIpc) is 2.53. The van der Waals surface area contributed by atoms with Gasteiger partial charge in [-0.25, -0.2) is 8.42 Å². The lowest BCUT2D eigenvalue weighted by Gasteiger charge is -2.10. The Morgan fingerprint density at radius 3 is 2.40 bits per heavy atom. The van der Waals surface area contributed by atoms with Gasteiger partial charge in [0.05, 0.1) is 4.92 Å². The molecule has 2 aromatic carbocycles. The third-order valence-electron chi connectivity index (χ3n) is 3.63. The van der Waals surface area contributed by atoms with Crippen molar-refractivity contribution in [3.63, 3.8) is 0 Å². The topological polar surface area (TPSA) is 106 Å². The van der Waals surface area contributed by atoms with Crippen molar-refractivity contribution in [1.82, 2.24) is 0 Å². The van der Waals surface area contributed by atoms with Gasteiger partial charge in [-0.05, 0) is 35.7 Å². The number of nitrogens with one attached hydrogen (secondary N) is 1. The maximum Gasteiger partial charge on any atom is 0.288 e. The standard InChI is InChI=1S/C17H18N2O5S/c1-11(2)12-5-4-6-14(9-12)18-17(20)13-7-8-16(25(3,23)24)15(10-13)19(21)22/h4-11H,1-3H3,(H,18,20). The van der Waals surface area contributed by atoms with Crippen LogP contribution in [0.3, 0.4) is 0 Å². The number of anilines is 1. The van der Waals surface area contributed by atoms with E-state index in [1.165, 1.54) is 6.07 Å². The monoisotopic (exact) mass is 362 g/mol. The van der Waals surface area contributed by atoms with Gasteiger partial charge in [-0.2, -0.15) is 0 Å². The van der Waals surface area contributed by atoms with Crippen molar-refractivity contribution in [1.29, 1.82) is 0 Å². The first-order valence-corrected chi connectivity index (χ1v) is 9.38. The maximum absolute atomic E-state index is 12.3. The summed E-state index contributed by atoms with van der Waals surface area (Å²) in [6.45, 7) is 4.04. The molecule has 0 heterocycles. The molecular formula is C17H18N2O5S. The van der Waals surface area contributed by atoms with Crippen LogP contribution >= 0.6 is 0 Å². The summed E-state index contributed by atoms with van der Waals surface area (Å²) in [6.07, 6.45) is 0.881. The van der Waals surface area contributed by atoms with Gasteiger partial charge < -0.3 is 5.32 Å². The van der Waals surface area contributed by atoms with Gasteiger partial charge in [0.25, 0.3) is 11.6 Å². The first kappa shape index (κ1) is 18.6. The fraction of sp³-hybridized carbons (Fsp3) is 0.235. The molecule has 2 rings (SSSR count). The highest BCUT2D eigenvalue weighted by atomic mass is 32.2. The molecule has 25 heavy (non-hydrogen) atoms. The summed E-state index contributed by atoms with van der Waals surface area (Å²) in [7, 11) is -3.77. The molecular weight excluding hydrogens is 344 g/mol. The normalized spacial score (nSPS) is 11.4. The predicted octanol–water partition coefficient (Wildman–Crippen LogP) is 3.37. The Bertz CT molecular complexity index is 936. The van der Waals surface area contributed by atoms with E-state index in [0.29, 0.717) is 5.69 Å². The Kier molecular flexibility index (Phi) is 5.22. The van der Waals surface area contributed by atoms with Gasteiger partial charge in [-0.15, -0.1) is 0 Å². The van der Waals surface area contributed by atoms with Crippen LogP contribution in [0.1, 0.15) is 35.7 Å². The van der Waals surface area contributed by atoms with E-state index < -0.39 is 31.3 Å². The molecule has 2 aromatic rings. The SMILES string of the molecule is CC(C)c1cccc(NC(=O)c2ccc(S(C)(=O)=O)c([N+](=O)[O-])c2)c1. The molecule has 0 aliphatic carbocycles. The summed E-state index contributed by atoms with van der Waals surface area (Å²) in [5.74, 6) is -0.268. The van der Waals surface area contributed by atoms with E-state index in [1.54, 1.807) is 12.1 Å². The second-order valence-electron chi connectivity index (χ2n) is 5.95. The van der Waals surface area contributed by atoms with Crippen LogP contribution < -0.4 is 5.32 Å². The zero-order chi connectivity index (χ0) is 18.8. The third kappa shape index (κ3) is 4.42. The molecule has 1 N–H and O–H groups in total. The zero-order valence-corrected chi connectivity index (χ0v) is 14.8. The summed E-state index contributed by atoms with van der Waals surface area (Å²) in [6, 6.07) is 10.6. The fourth-order valence-electron chi connectivity index (χ4n) is 2.29. The number of hydrogen-bond acceptors (Lipinski definition) is 5. The lowest BCUT2D eigenvalue weighted by atomic mass is 10.0.